The molecule has 1 fully saturated rings. The van der Waals surface area contributed by atoms with Gasteiger partial charge in [-0.05, 0) is 49.2 Å². The van der Waals surface area contributed by atoms with E-state index in [1.165, 1.54) is 30.3 Å². The normalized spacial score (nSPS) is 15.4. The number of carbonyl (C=O) groups excluding carboxylic acids is 1. The Morgan fingerprint density at radius 3 is 2.38 bits per heavy atom. The average Bonchev–Trinajstić information content (AvgIpc) is 2.57. The lowest BCUT2D eigenvalue weighted by Gasteiger charge is -2.26. The molecule has 5 nitrogen and oxygen atoms in total. The van der Waals surface area contributed by atoms with E-state index in [4.69, 9.17) is 0 Å². The number of halogens is 1. The van der Waals surface area contributed by atoms with Gasteiger partial charge in [-0.3, -0.25) is 9.52 Å². The number of rotatable bonds is 4. The Balaban J connectivity index is 1.82. The largest absolute Gasteiger partial charge is 0.312 e. The quantitative estimate of drug-likeness (QED) is 0.923. The summed E-state index contributed by atoms with van der Waals surface area (Å²) in [5.74, 6) is -0.599. The molecule has 0 atom stereocenters. The molecule has 0 unspecified atom stereocenters. The van der Waals surface area contributed by atoms with Gasteiger partial charge in [0.15, 0.2) is 0 Å². The summed E-state index contributed by atoms with van der Waals surface area (Å²) in [7, 11) is -3.89. The summed E-state index contributed by atoms with van der Waals surface area (Å²) in [5.41, 5.74) is 0.567. The van der Waals surface area contributed by atoms with Crippen molar-refractivity contribution in [1.82, 2.24) is 0 Å². The van der Waals surface area contributed by atoms with Gasteiger partial charge in [-0.25, -0.2) is 12.8 Å². The highest BCUT2D eigenvalue weighted by Crippen LogP contribution is 2.24. The van der Waals surface area contributed by atoms with E-state index in [1.54, 1.807) is 23.1 Å². The Hall–Kier alpha value is -2.41. The lowest BCUT2D eigenvalue weighted by molar-refractivity contribution is -0.119. The second kappa shape index (κ2) is 6.60. The molecule has 1 aliphatic heterocycles. The zero-order chi connectivity index (χ0) is 17.2. The first kappa shape index (κ1) is 16.4. The van der Waals surface area contributed by atoms with Gasteiger partial charge in [0.25, 0.3) is 10.0 Å². The Morgan fingerprint density at radius 2 is 1.71 bits per heavy atom. The number of para-hydroxylation sites is 1. The summed E-state index contributed by atoms with van der Waals surface area (Å²) < 4.78 is 40.5. The summed E-state index contributed by atoms with van der Waals surface area (Å²) >= 11 is 0. The summed E-state index contributed by atoms with van der Waals surface area (Å²) in [6.07, 6.45) is 2.32. The van der Waals surface area contributed by atoms with Gasteiger partial charge in [0.2, 0.25) is 5.91 Å². The standard InChI is InChI=1S/C17H17FN2O3S/c18-15-5-1-2-6-16(15)19-24(22,23)14-10-8-13(9-11-14)20-12-4-3-7-17(20)21/h1-2,5-6,8-11,19H,3-4,7,12H2. The third kappa shape index (κ3) is 3.41. The third-order valence-electron chi connectivity index (χ3n) is 3.90. The van der Waals surface area contributed by atoms with Crippen molar-refractivity contribution in [3.8, 4) is 0 Å². The number of nitrogens with zero attached hydrogens (tertiary/aromatic N) is 1. The number of piperidine rings is 1. The minimum absolute atomic E-state index is 0.0129. The molecule has 1 amide bonds. The lowest BCUT2D eigenvalue weighted by Crippen LogP contribution is -2.35. The average molecular weight is 348 g/mol. The molecule has 1 aliphatic rings. The van der Waals surface area contributed by atoms with Gasteiger partial charge in [-0.2, -0.15) is 0 Å². The highest BCUT2D eigenvalue weighted by Gasteiger charge is 2.21. The van der Waals surface area contributed by atoms with Gasteiger partial charge < -0.3 is 4.90 Å². The Kier molecular flexibility index (Phi) is 4.53. The van der Waals surface area contributed by atoms with Crippen LogP contribution in [0.5, 0.6) is 0 Å². The SMILES string of the molecule is O=C1CCCCN1c1ccc(S(=O)(=O)Nc2ccccc2F)cc1. The smallest absolute Gasteiger partial charge is 0.261 e. The van der Waals surface area contributed by atoms with Crippen LogP contribution in [0.1, 0.15) is 19.3 Å². The van der Waals surface area contributed by atoms with Gasteiger partial charge >= 0.3 is 0 Å². The summed E-state index contributed by atoms with van der Waals surface area (Å²) in [5, 5.41) is 0. The topological polar surface area (TPSA) is 66.5 Å². The number of carbonyl (C=O) groups is 1. The molecule has 7 heteroatoms. The van der Waals surface area contributed by atoms with E-state index in [0.29, 0.717) is 18.7 Å². The molecule has 0 aromatic heterocycles. The monoisotopic (exact) mass is 348 g/mol. The minimum atomic E-state index is -3.89. The first-order chi connectivity index (χ1) is 11.5. The second-order valence-electron chi connectivity index (χ2n) is 5.58. The van der Waals surface area contributed by atoms with Crippen LogP contribution in [0, 0.1) is 5.82 Å². The first-order valence-corrected chi connectivity index (χ1v) is 9.13. The molecule has 126 valence electrons. The van der Waals surface area contributed by atoms with E-state index >= 15 is 0 Å². The number of benzene rings is 2. The molecule has 24 heavy (non-hydrogen) atoms. The van der Waals surface area contributed by atoms with Gasteiger partial charge in [-0.15, -0.1) is 0 Å². The van der Waals surface area contributed by atoms with Crippen LogP contribution >= 0.6 is 0 Å². The van der Waals surface area contributed by atoms with E-state index in [9.17, 15) is 17.6 Å². The lowest BCUT2D eigenvalue weighted by atomic mass is 10.1. The summed E-state index contributed by atoms with van der Waals surface area (Å²) in [4.78, 5) is 13.6. The summed E-state index contributed by atoms with van der Waals surface area (Å²) in [6, 6.07) is 11.6. The third-order valence-corrected chi connectivity index (χ3v) is 5.28. The maximum atomic E-state index is 13.6. The molecule has 0 aliphatic carbocycles. The first-order valence-electron chi connectivity index (χ1n) is 7.65. The van der Waals surface area contributed by atoms with Crippen LogP contribution in [-0.2, 0) is 14.8 Å². The Labute approximate surface area is 140 Å². The fraction of sp³-hybridized carbons (Fsp3) is 0.235. The van der Waals surface area contributed by atoms with E-state index in [2.05, 4.69) is 4.72 Å². The van der Waals surface area contributed by atoms with Crippen molar-refractivity contribution in [3.05, 3.63) is 54.3 Å². The highest BCUT2D eigenvalue weighted by atomic mass is 32.2. The van der Waals surface area contributed by atoms with Gasteiger partial charge in [-0.1, -0.05) is 12.1 Å². The van der Waals surface area contributed by atoms with Gasteiger partial charge in [0.05, 0.1) is 10.6 Å². The second-order valence-corrected chi connectivity index (χ2v) is 7.26. The number of sulfonamides is 1. The molecule has 1 N–H and O–H groups in total. The molecule has 2 aromatic rings. The molecule has 1 saturated heterocycles. The van der Waals surface area contributed by atoms with Crippen LogP contribution in [0.25, 0.3) is 0 Å². The van der Waals surface area contributed by atoms with Crippen molar-refractivity contribution in [2.75, 3.05) is 16.2 Å². The van der Waals surface area contributed by atoms with Crippen LogP contribution in [0.2, 0.25) is 0 Å². The van der Waals surface area contributed by atoms with Crippen molar-refractivity contribution in [1.29, 1.82) is 0 Å². The number of amides is 1. The van der Waals surface area contributed by atoms with Crippen LogP contribution in [0.3, 0.4) is 0 Å². The Morgan fingerprint density at radius 1 is 1.00 bits per heavy atom. The Bertz CT molecular complexity index is 850. The molecule has 1 heterocycles. The van der Waals surface area contributed by atoms with Crippen molar-refractivity contribution in [2.24, 2.45) is 0 Å². The zero-order valence-corrected chi connectivity index (χ0v) is 13.7. The molecule has 0 radical (unpaired) electrons. The van der Waals surface area contributed by atoms with Crippen molar-refractivity contribution >= 4 is 27.3 Å². The fourth-order valence-electron chi connectivity index (χ4n) is 2.63. The highest BCUT2D eigenvalue weighted by molar-refractivity contribution is 7.92. The van der Waals surface area contributed by atoms with Crippen molar-refractivity contribution < 1.29 is 17.6 Å². The molecule has 0 bridgehead atoms. The number of hydrogen-bond acceptors (Lipinski definition) is 3. The molecule has 3 rings (SSSR count). The maximum absolute atomic E-state index is 13.6. The van der Waals surface area contributed by atoms with E-state index in [-0.39, 0.29) is 16.5 Å². The predicted molar refractivity (Wildman–Crippen MR) is 89.9 cm³/mol. The molecule has 2 aromatic carbocycles. The van der Waals surface area contributed by atoms with Crippen LogP contribution in [-0.4, -0.2) is 20.9 Å². The van der Waals surface area contributed by atoms with Crippen molar-refractivity contribution in [2.45, 2.75) is 24.2 Å². The van der Waals surface area contributed by atoms with Crippen LogP contribution in [0.4, 0.5) is 15.8 Å². The minimum Gasteiger partial charge on any atom is -0.312 e. The van der Waals surface area contributed by atoms with Gasteiger partial charge in [0, 0.05) is 18.7 Å². The maximum Gasteiger partial charge on any atom is 0.261 e. The molecule has 0 spiro atoms. The van der Waals surface area contributed by atoms with E-state index in [1.807, 2.05) is 0 Å². The van der Waals surface area contributed by atoms with Gasteiger partial charge in [0.1, 0.15) is 5.82 Å². The van der Waals surface area contributed by atoms with E-state index < -0.39 is 15.8 Å². The molecular weight excluding hydrogens is 331 g/mol. The molecular formula is C17H17FN2O3S. The number of anilines is 2. The summed E-state index contributed by atoms with van der Waals surface area (Å²) in [6.45, 7) is 0.637. The van der Waals surface area contributed by atoms with E-state index in [0.717, 1.165) is 12.8 Å². The van der Waals surface area contributed by atoms with Crippen molar-refractivity contribution in [3.63, 3.8) is 0 Å². The predicted octanol–water partition coefficient (Wildman–Crippen LogP) is 3.14. The number of nitrogens with one attached hydrogen (secondary N) is 1. The van der Waals surface area contributed by atoms with Crippen LogP contribution in [0.15, 0.2) is 53.4 Å². The van der Waals surface area contributed by atoms with Crippen LogP contribution < -0.4 is 9.62 Å². The zero-order valence-electron chi connectivity index (χ0n) is 12.9. The molecule has 0 saturated carbocycles. The fourth-order valence-corrected chi connectivity index (χ4v) is 3.70. The number of hydrogen-bond donors (Lipinski definition) is 1.